The summed E-state index contributed by atoms with van der Waals surface area (Å²) in [5, 5.41) is 14.6. The molecule has 3 N–H and O–H groups in total. The van der Waals surface area contributed by atoms with Gasteiger partial charge in [-0.25, -0.2) is 4.79 Å². The summed E-state index contributed by atoms with van der Waals surface area (Å²) in [5.74, 6) is -0.670. The Morgan fingerprint density at radius 2 is 2.10 bits per heavy atom. The summed E-state index contributed by atoms with van der Waals surface area (Å²) in [6.45, 7) is 5.85. The van der Waals surface area contributed by atoms with Gasteiger partial charge in [0.15, 0.2) is 0 Å². The molecular formula is C15H28N2O4. The number of carboxylic acids is 1. The van der Waals surface area contributed by atoms with E-state index in [9.17, 15) is 9.59 Å². The minimum Gasteiger partial charge on any atom is -0.481 e. The van der Waals surface area contributed by atoms with Crippen LogP contribution in [0, 0.1) is 11.8 Å². The lowest BCUT2D eigenvalue weighted by Crippen LogP contribution is -2.43. The predicted molar refractivity (Wildman–Crippen MR) is 80.2 cm³/mol. The Labute approximate surface area is 126 Å². The molecule has 0 spiro atoms. The molecule has 0 radical (unpaired) electrons. The summed E-state index contributed by atoms with van der Waals surface area (Å²) < 4.78 is 5.37. The average molecular weight is 300 g/mol. The first-order valence-electron chi connectivity index (χ1n) is 7.84. The Kier molecular flexibility index (Phi) is 8.12. The van der Waals surface area contributed by atoms with Crippen molar-refractivity contribution >= 4 is 12.0 Å². The van der Waals surface area contributed by atoms with Gasteiger partial charge in [-0.2, -0.15) is 0 Å². The molecular weight excluding hydrogens is 272 g/mol. The second-order valence-corrected chi connectivity index (χ2v) is 6.01. The Morgan fingerprint density at radius 3 is 2.71 bits per heavy atom. The number of carboxylic acid groups (broad SMARTS) is 1. The van der Waals surface area contributed by atoms with Gasteiger partial charge in [-0.3, -0.25) is 4.79 Å². The van der Waals surface area contributed by atoms with Crippen LogP contribution in [0.1, 0.15) is 46.0 Å². The van der Waals surface area contributed by atoms with Gasteiger partial charge in [0.05, 0.1) is 12.5 Å². The summed E-state index contributed by atoms with van der Waals surface area (Å²) >= 11 is 0. The van der Waals surface area contributed by atoms with E-state index in [0.29, 0.717) is 18.9 Å². The number of hydrogen-bond donors (Lipinski definition) is 3. The fourth-order valence-corrected chi connectivity index (χ4v) is 2.41. The zero-order chi connectivity index (χ0) is 15.7. The van der Waals surface area contributed by atoms with Crippen LogP contribution in [0.25, 0.3) is 0 Å². The van der Waals surface area contributed by atoms with Crippen molar-refractivity contribution < 1.29 is 19.4 Å². The first-order valence-corrected chi connectivity index (χ1v) is 7.84. The zero-order valence-corrected chi connectivity index (χ0v) is 13.1. The molecule has 0 saturated carbocycles. The number of aliphatic carboxylic acids is 1. The molecule has 0 aromatic rings. The van der Waals surface area contributed by atoms with Crippen LogP contribution in [-0.4, -0.2) is 42.9 Å². The standard InChI is InChI=1S/C15H28N2O4/c1-11(14(18)19)5-3-6-12(2)17-15(20)16-9-13-7-4-8-21-10-13/h11-13H,3-10H2,1-2H3,(H,18,19)(H2,16,17,20). The lowest BCUT2D eigenvalue weighted by molar-refractivity contribution is -0.141. The third-order valence-corrected chi connectivity index (χ3v) is 3.88. The number of ether oxygens (including phenoxy) is 1. The van der Waals surface area contributed by atoms with E-state index in [1.165, 1.54) is 0 Å². The van der Waals surface area contributed by atoms with Gasteiger partial charge in [-0.05, 0) is 38.5 Å². The van der Waals surface area contributed by atoms with E-state index in [2.05, 4.69) is 10.6 Å². The van der Waals surface area contributed by atoms with Crippen LogP contribution in [0.5, 0.6) is 0 Å². The summed E-state index contributed by atoms with van der Waals surface area (Å²) in [6, 6.07) is -0.104. The normalized spacial score (nSPS) is 21.3. The van der Waals surface area contributed by atoms with Crippen molar-refractivity contribution in [2.75, 3.05) is 19.8 Å². The molecule has 21 heavy (non-hydrogen) atoms. The van der Waals surface area contributed by atoms with E-state index in [1.807, 2.05) is 6.92 Å². The second kappa shape index (κ2) is 9.60. The molecule has 2 amide bonds. The van der Waals surface area contributed by atoms with Crippen molar-refractivity contribution in [1.29, 1.82) is 0 Å². The maximum absolute atomic E-state index is 11.7. The topological polar surface area (TPSA) is 87.7 Å². The minimum absolute atomic E-state index is 0.0496. The van der Waals surface area contributed by atoms with Crippen LogP contribution >= 0.6 is 0 Å². The van der Waals surface area contributed by atoms with Crippen molar-refractivity contribution in [2.24, 2.45) is 11.8 Å². The first-order chi connectivity index (χ1) is 9.99. The highest BCUT2D eigenvalue weighted by molar-refractivity contribution is 5.74. The highest BCUT2D eigenvalue weighted by Crippen LogP contribution is 2.12. The Morgan fingerprint density at radius 1 is 1.33 bits per heavy atom. The van der Waals surface area contributed by atoms with Crippen molar-refractivity contribution in [1.82, 2.24) is 10.6 Å². The maximum atomic E-state index is 11.7. The molecule has 1 aliphatic rings. The van der Waals surface area contributed by atoms with Gasteiger partial charge < -0.3 is 20.5 Å². The quantitative estimate of drug-likeness (QED) is 0.639. The fraction of sp³-hybridized carbons (Fsp3) is 0.867. The molecule has 0 aromatic carbocycles. The molecule has 0 aromatic heterocycles. The second-order valence-electron chi connectivity index (χ2n) is 6.01. The van der Waals surface area contributed by atoms with Gasteiger partial charge in [-0.1, -0.05) is 13.3 Å². The number of carbonyl (C=O) groups excluding carboxylic acids is 1. The molecule has 1 heterocycles. The van der Waals surface area contributed by atoms with Gasteiger partial charge in [0.1, 0.15) is 0 Å². The number of rotatable bonds is 8. The average Bonchev–Trinajstić information content (AvgIpc) is 2.46. The number of amides is 2. The van der Waals surface area contributed by atoms with E-state index in [4.69, 9.17) is 9.84 Å². The summed E-state index contributed by atoms with van der Waals surface area (Å²) in [4.78, 5) is 22.4. The minimum atomic E-state index is -0.761. The van der Waals surface area contributed by atoms with Crippen LogP contribution in [0.15, 0.2) is 0 Å². The van der Waals surface area contributed by atoms with Crippen molar-refractivity contribution in [3.63, 3.8) is 0 Å². The molecule has 1 rings (SSSR count). The monoisotopic (exact) mass is 300 g/mol. The van der Waals surface area contributed by atoms with Gasteiger partial charge >= 0.3 is 12.0 Å². The Hall–Kier alpha value is -1.30. The third kappa shape index (κ3) is 7.90. The predicted octanol–water partition coefficient (Wildman–Crippen LogP) is 1.99. The van der Waals surface area contributed by atoms with E-state index in [0.717, 1.165) is 38.9 Å². The van der Waals surface area contributed by atoms with Gasteiger partial charge in [0.2, 0.25) is 0 Å². The van der Waals surface area contributed by atoms with Gasteiger partial charge in [0, 0.05) is 19.2 Å². The van der Waals surface area contributed by atoms with Crippen LogP contribution < -0.4 is 10.6 Å². The smallest absolute Gasteiger partial charge is 0.315 e. The molecule has 6 heteroatoms. The van der Waals surface area contributed by atoms with E-state index >= 15 is 0 Å². The molecule has 1 saturated heterocycles. The van der Waals surface area contributed by atoms with Gasteiger partial charge in [0.25, 0.3) is 0 Å². The van der Waals surface area contributed by atoms with E-state index in [1.54, 1.807) is 6.92 Å². The van der Waals surface area contributed by atoms with E-state index in [-0.39, 0.29) is 18.0 Å². The molecule has 1 fully saturated rings. The molecule has 122 valence electrons. The summed E-state index contributed by atoms with van der Waals surface area (Å²) in [7, 11) is 0. The maximum Gasteiger partial charge on any atom is 0.315 e. The molecule has 6 nitrogen and oxygen atoms in total. The van der Waals surface area contributed by atoms with Crippen LogP contribution in [0.4, 0.5) is 4.79 Å². The van der Waals surface area contributed by atoms with Crippen molar-refractivity contribution in [2.45, 2.75) is 52.0 Å². The Bertz CT molecular complexity index is 330. The molecule has 0 aliphatic carbocycles. The number of urea groups is 1. The van der Waals surface area contributed by atoms with E-state index < -0.39 is 5.97 Å². The van der Waals surface area contributed by atoms with Crippen molar-refractivity contribution in [3.8, 4) is 0 Å². The Balaban J connectivity index is 2.08. The van der Waals surface area contributed by atoms with Crippen LogP contribution in [-0.2, 0) is 9.53 Å². The summed E-state index contributed by atoms with van der Waals surface area (Å²) in [5.41, 5.74) is 0. The lowest BCUT2D eigenvalue weighted by atomic mass is 10.0. The molecule has 3 unspecified atom stereocenters. The van der Waals surface area contributed by atoms with Crippen LogP contribution in [0.2, 0.25) is 0 Å². The first kappa shape index (κ1) is 17.8. The lowest BCUT2D eigenvalue weighted by Gasteiger charge is -2.23. The molecule has 0 bridgehead atoms. The fourth-order valence-electron chi connectivity index (χ4n) is 2.41. The molecule has 3 atom stereocenters. The number of carbonyl (C=O) groups is 2. The third-order valence-electron chi connectivity index (χ3n) is 3.88. The summed E-state index contributed by atoms with van der Waals surface area (Å²) in [6.07, 6.45) is 4.39. The highest BCUT2D eigenvalue weighted by Gasteiger charge is 2.16. The highest BCUT2D eigenvalue weighted by atomic mass is 16.5. The largest absolute Gasteiger partial charge is 0.481 e. The number of nitrogens with one attached hydrogen (secondary N) is 2. The zero-order valence-electron chi connectivity index (χ0n) is 13.1. The SMILES string of the molecule is CC(CCCC(C)C(=O)O)NC(=O)NCC1CCCOC1. The van der Waals surface area contributed by atoms with Gasteiger partial charge in [-0.15, -0.1) is 0 Å². The molecule has 1 aliphatic heterocycles. The van der Waals surface area contributed by atoms with Crippen molar-refractivity contribution in [3.05, 3.63) is 0 Å². The number of hydrogen-bond acceptors (Lipinski definition) is 3. The van der Waals surface area contributed by atoms with Crippen LogP contribution in [0.3, 0.4) is 0 Å².